The van der Waals surface area contributed by atoms with Crippen molar-refractivity contribution in [2.75, 3.05) is 0 Å². The number of esters is 2. The van der Waals surface area contributed by atoms with E-state index < -0.39 is 30.4 Å². The highest BCUT2D eigenvalue weighted by Crippen LogP contribution is 2.31. The summed E-state index contributed by atoms with van der Waals surface area (Å²) in [5.41, 5.74) is 0.209. The lowest BCUT2D eigenvalue weighted by molar-refractivity contribution is -0.154. The van der Waals surface area contributed by atoms with Crippen LogP contribution in [0.5, 0.6) is 0 Å². The van der Waals surface area contributed by atoms with Crippen LogP contribution in [0, 0.1) is 0 Å². The standard InChI is InChI=1S/C14H16Br2O6/c1-2-3-4-5-9(21-12(19)7-11(17)18)8-6-10(13(15)16)22-14(8)20/h6,9H,2-5,7H2,1H3,(H,17,18). The van der Waals surface area contributed by atoms with Crippen molar-refractivity contribution in [2.45, 2.75) is 45.1 Å². The van der Waals surface area contributed by atoms with Crippen LogP contribution in [-0.4, -0.2) is 29.1 Å². The number of allylic oxidation sites excluding steroid dienone is 1. The Morgan fingerprint density at radius 2 is 2.05 bits per heavy atom. The smallest absolute Gasteiger partial charge is 0.343 e. The Morgan fingerprint density at radius 3 is 2.55 bits per heavy atom. The normalized spacial score (nSPS) is 15.1. The number of carbonyl (C=O) groups is 3. The summed E-state index contributed by atoms with van der Waals surface area (Å²) in [4.78, 5) is 34.0. The number of unbranched alkanes of at least 4 members (excludes halogenated alkanes) is 2. The zero-order valence-corrected chi connectivity index (χ0v) is 15.1. The van der Waals surface area contributed by atoms with Gasteiger partial charge in [0, 0.05) is 0 Å². The molecule has 1 aliphatic heterocycles. The van der Waals surface area contributed by atoms with Gasteiger partial charge in [-0.3, -0.25) is 9.59 Å². The zero-order chi connectivity index (χ0) is 16.7. The van der Waals surface area contributed by atoms with Crippen LogP contribution in [-0.2, 0) is 23.9 Å². The van der Waals surface area contributed by atoms with Gasteiger partial charge in [0.1, 0.15) is 15.9 Å². The highest BCUT2D eigenvalue weighted by atomic mass is 79.9. The van der Waals surface area contributed by atoms with E-state index in [1.165, 1.54) is 6.08 Å². The molecule has 0 saturated heterocycles. The molecule has 22 heavy (non-hydrogen) atoms. The third-order valence-electron chi connectivity index (χ3n) is 2.90. The molecule has 1 rings (SSSR count). The molecule has 0 aromatic rings. The average molecular weight is 440 g/mol. The fourth-order valence-electron chi connectivity index (χ4n) is 1.89. The summed E-state index contributed by atoms with van der Waals surface area (Å²) in [5, 5.41) is 8.62. The van der Waals surface area contributed by atoms with E-state index in [9.17, 15) is 14.4 Å². The summed E-state index contributed by atoms with van der Waals surface area (Å²) in [6, 6.07) is 0. The third-order valence-corrected chi connectivity index (χ3v) is 3.68. The van der Waals surface area contributed by atoms with Gasteiger partial charge in [-0.05, 0) is 50.8 Å². The Bertz CT molecular complexity index is 519. The Balaban J connectivity index is 2.87. The maximum Gasteiger partial charge on any atom is 0.343 e. The van der Waals surface area contributed by atoms with Gasteiger partial charge in [0.25, 0.3) is 0 Å². The maximum atomic E-state index is 11.9. The molecule has 0 aliphatic carbocycles. The summed E-state index contributed by atoms with van der Waals surface area (Å²) in [6.07, 6.45) is 3.01. The molecule has 1 aliphatic rings. The second-order valence-electron chi connectivity index (χ2n) is 4.66. The predicted octanol–water partition coefficient (Wildman–Crippen LogP) is 3.40. The molecule has 122 valence electrons. The van der Waals surface area contributed by atoms with Gasteiger partial charge in [0.05, 0.1) is 5.57 Å². The highest BCUT2D eigenvalue weighted by molar-refractivity contribution is 9.28. The summed E-state index contributed by atoms with van der Waals surface area (Å²) < 4.78 is 10.6. The lowest BCUT2D eigenvalue weighted by Gasteiger charge is -2.16. The van der Waals surface area contributed by atoms with Crippen molar-refractivity contribution in [1.82, 2.24) is 0 Å². The number of carboxylic acid groups (broad SMARTS) is 1. The van der Waals surface area contributed by atoms with Gasteiger partial charge in [-0.1, -0.05) is 19.8 Å². The quantitative estimate of drug-likeness (QED) is 0.354. The number of rotatable bonds is 8. The summed E-state index contributed by atoms with van der Waals surface area (Å²) in [5.74, 6) is -2.46. The summed E-state index contributed by atoms with van der Waals surface area (Å²) in [7, 11) is 0. The molecular formula is C14H16Br2O6. The van der Waals surface area contributed by atoms with E-state index in [2.05, 4.69) is 31.9 Å². The Kier molecular flexibility index (Phi) is 7.81. The van der Waals surface area contributed by atoms with E-state index >= 15 is 0 Å². The van der Waals surface area contributed by atoms with Crippen LogP contribution >= 0.6 is 31.9 Å². The van der Waals surface area contributed by atoms with Gasteiger partial charge >= 0.3 is 17.9 Å². The Morgan fingerprint density at radius 1 is 1.36 bits per heavy atom. The number of ether oxygens (including phenoxy) is 2. The molecule has 1 unspecified atom stereocenters. The van der Waals surface area contributed by atoms with Gasteiger partial charge in [-0.2, -0.15) is 0 Å². The first-order chi connectivity index (χ1) is 10.3. The van der Waals surface area contributed by atoms with Crippen LogP contribution < -0.4 is 0 Å². The minimum absolute atomic E-state index is 0.209. The van der Waals surface area contributed by atoms with Crippen LogP contribution in [0.3, 0.4) is 0 Å². The molecule has 0 saturated carbocycles. The minimum atomic E-state index is -1.27. The average Bonchev–Trinajstić information content (AvgIpc) is 2.79. The molecule has 0 spiro atoms. The van der Waals surface area contributed by atoms with E-state index in [-0.39, 0.29) is 11.3 Å². The highest BCUT2D eigenvalue weighted by Gasteiger charge is 2.32. The fourth-order valence-corrected chi connectivity index (χ4v) is 2.28. The molecule has 1 N–H and O–H groups in total. The van der Waals surface area contributed by atoms with Crippen molar-refractivity contribution >= 4 is 49.8 Å². The minimum Gasteiger partial charge on any atom is -0.481 e. The van der Waals surface area contributed by atoms with Crippen molar-refractivity contribution in [3.8, 4) is 0 Å². The van der Waals surface area contributed by atoms with Crippen molar-refractivity contribution < 1.29 is 29.0 Å². The van der Waals surface area contributed by atoms with E-state index in [1.807, 2.05) is 6.92 Å². The van der Waals surface area contributed by atoms with Gasteiger partial charge < -0.3 is 14.6 Å². The Hall–Kier alpha value is -1.15. The molecule has 8 heteroatoms. The van der Waals surface area contributed by atoms with E-state index in [0.29, 0.717) is 9.81 Å². The summed E-state index contributed by atoms with van der Waals surface area (Å²) in [6.45, 7) is 2.03. The maximum absolute atomic E-state index is 11.9. The van der Waals surface area contributed by atoms with Crippen LogP contribution in [0.15, 0.2) is 20.8 Å². The predicted molar refractivity (Wildman–Crippen MR) is 85.3 cm³/mol. The second kappa shape index (κ2) is 9.09. The Labute approximate surface area is 144 Å². The van der Waals surface area contributed by atoms with Gasteiger partial charge in [-0.15, -0.1) is 0 Å². The number of carbonyl (C=O) groups excluding carboxylic acids is 2. The fraction of sp³-hybridized carbons (Fsp3) is 0.500. The van der Waals surface area contributed by atoms with Crippen molar-refractivity contribution in [3.05, 3.63) is 20.8 Å². The van der Waals surface area contributed by atoms with Gasteiger partial charge in [0.15, 0.2) is 5.76 Å². The molecule has 0 aromatic carbocycles. The van der Waals surface area contributed by atoms with Gasteiger partial charge in [0.2, 0.25) is 0 Å². The molecule has 1 heterocycles. The van der Waals surface area contributed by atoms with Crippen molar-refractivity contribution in [2.24, 2.45) is 0 Å². The molecule has 0 aromatic heterocycles. The first-order valence-corrected chi connectivity index (χ1v) is 8.34. The molecule has 1 atom stereocenters. The molecule has 0 radical (unpaired) electrons. The van der Waals surface area contributed by atoms with E-state index in [1.54, 1.807) is 0 Å². The second-order valence-corrected chi connectivity index (χ2v) is 7.31. The number of carboxylic acids is 1. The third kappa shape index (κ3) is 5.92. The molecule has 0 amide bonds. The lowest BCUT2D eigenvalue weighted by atomic mass is 10.0. The van der Waals surface area contributed by atoms with Gasteiger partial charge in [-0.25, -0.2) is 4.79 Å². The number of halogens is 2. The number of cyclic esters (lactones) is 1. The van der Waals surface area contributed by atoms with Crippen molar-refractivity contribution in [1.29, 1.82) is 0 Å². The summed E-state index contributed by atoms with van der Waals surface area (Å²) >= 11 is 6.28. The molecule has 6 nitrogen and oxygen atoms in total. The number of hydrogen-bond donors (Lipinski definition) is 1. The van der Waals surface area contributed by atoms with Crippen LogP contribution in [0.2, 0.25) is 0 Å². The van der Waals surface area contributed by atoms with Crippen LogP contribution in [0.25, 0.3) is 0 Å². The molecule has 0 fully saturated rings. The first-order valence-electron chi connectivity index (χ1n) is 6.75. The van der Waals surface area contributed by atoms with Crippen LogP contribution in [0.4, 0.5) is 0 Å². The van der Waals surface area contributed by atoms with Crippen molar-refractivity contribution in [3.63, 3.8) is 0 Å². The number of aliphatic carboxylic acids is 1. The number of hydrogen-bond acceptors (Lipinski definition) is 5. The van der Waals surface area contributed by atoms with E-state index in [4.69, 9.17) is 14.6 Å². The SMILES string of the molecule is CCCCCC(OC(=O)CC(=O)O)C1=CC(=C(Br)Br)OC1=O. The van der Waals surface area contributed by atoms with E-state index in [0.717, 1.165) is 19.3 Å². The lowest BCUT2D eigenvalue weighted by Crippen LogP contribution is -2.25. The zero-order valence-electron chi connectivity index (χ0n) is 11.9. The topological polar surface area (TPSA) is 89.9 Å². The van der Waals surface area contributed by atoms with Crippen LogP contribution in [0.1, 0.15) is 39.0 Å². The monoisotopic (exact) mass is 438 g/mol. The first kappa shape index (κ1) is 18.9. The molecular weight excluding hydrogens is 424 g/mol. The molecule has 0 bridgehead atoms. The largest absolute Gasteiger partial charge is 0.481 e.